The fourth-order valence-corrected chi connectivity index (χ4v) is 7.58. The van der Waals surface area contributed by atoms with E-state index >= 15 is 0 Å². The molecule has 3 N–H and O–H groups in total. The van der Waals surface area contributed by atoms with E-state index in [0.29, 0.717) is 57.5 Å². The second kappa shape index (κ2) is 67.4. The van der Waals surface area contributed by atoms with Crippen LogP contribution in [0.4, 0.5) is 0 Å². The molecule has 30 heteroatoms. The zero-order valence-corrected chi connectivity index (χ0v) is 71.4. The van der Waals surface area contributed by atoms with E-state index in [2.05, 4.69) is 33.9 Å². The maximum atomic E-state index is 12.2. The zero-order valence-electron chi connectivity index (χ0n) is 71.4. The highest BCUT2D eigenvalue weighted by Crippen LogP contribution is 2.27. The Hall–Kier alpha value is -6.06. The number of rotatable bonds is 57. The van der Waals surface area contributed by atoms with E-state index < -0.39 is 46.5 Å². The number of allylic oxidation sites excluding steroid dienone is 1. The highest BCUT2D eigenvalue weighted by molar-refractivity contribution is 5.78. The molecular formula is C80H148O30. The number of aliphatic hydroxyl groups is 1. The van der Waals surface area contributed by atoms with Gasteiger partial charge in [0.1, 0.15) is 65.3 Å². The number of hydrogen-bond donors (Lipinski definition) is 3. The number of methoxy groups -OCH3 is 3. The molecule has 1 aliphatic carbocycles. The quantitative estimate of drug-likeness (QED) is 0.0167. The summed E-state index contributed by atoms with van der Waals surface area (Å²) in [5, 5.41) is 26.1. The van der Waals surface area contributed by atoms with Gasteiger partial charge >= 0.3 is 47.8 Å². The minimum Gasteiger partial charge on any atom is -0.481 e. The minimum atomic E-state index is -0.822. The molecule has 5 unspecified atom stereocenters. The Balaban J connectivity index is -0.000000428. The molecule has 648 valence electrons. The normalized spacial score (nSPS) is 14.3. The largest absolute Gasteiger partial charge is 0.481 e. The Morgan fingerprint density at radius 2 is 0.682 bits per heavy atom. The fraction of sp³-hybridized carbons (Fsp3) is 0.825. The first-order chi connectivity index (χ1) is 51.6. The van der Waals surface area contributed by atoms with Crippen molar-refractivity contribution in [3.63, 3.8) is 0 Å². The summed E-state index contributed by atoms with van der Waals surface area (Å²) in [4.78, 5) is 89.7. The van der Waals surface area contributed by atoms with Crippen molar-refractivity contribution in [2.75, 3.05) is 122 Å². The number of carboxylic acids is 2. The molecule has 30 nitrogen and oxygen atoms in total. The molecule has 1 aliphatic rings. The van der Waals surface area contributed by atoms with E-state index in [1.807, 2.05) is 125 Å². The summed E-state index contributed by atoms with van der Waals surface area (Å²) in [5.74, 6) is -2.30. The second-order valence-corrected chi connectivity index (χ2v) is 29.4. The van der Waals surface area contributed by atoms with Gasteiger partial charge in [0.2, 0.25) is 0 Å². The lowest BCUT2D eigenvalue weighted by Crippen LogP contribution is -2.37. The molecule has 0 aliphatic heterocycles. The average Bonchev–Trinajstić information content (AvgIpc) is 0.884. The molecule has 0 amide bonds. The molecule has 1 rings (SSSR count). The lowest BCUT2D eigenvalue weighted by Gasteiger charge is -2.31. The lowest BCUT2D eigenvalue weighted by molar-refractivity contribution is -0.197. The molecular weight excluding hydrogens is 1440 g/mol. The Bertz CT molecular complexity index is 2360. The predicted molar refractivity (Wildman–Crippen MR) is 413 cm³/mol. The Morgan fingerprint density at radius 3 is 0.973 bits per heavy atom. The summed E-state index contributed by atoms with van der Waals surface area (Å²) in [7, 11) is 4.25. The molecule has 0 radical (unpaired) electrons. The van der Waals surface area contributed by atoms with Crippen molar-refractivity contribution < 1.29 is 144 Å². The summed E-state index contributed by atoms with van der Waals surface area (Å²) in [5.41, 5.74) is -2.59. The number of unbranched alkanes of at least 4 members (excludes halogenated alkanes) is 4. The van der Waals surface area contributed by atoms with Crippen LogP contribution in [0.15, 0.2) is 38.0 Å². The molecule has 0 heterocycles. The molecule has 0 aromatic carbocycles. The topological polar surface area (TPSA) is 373 Å². The fourth-order valence-electron chi connectivity index (χ4n) is 7.58. The zero-order chi connectivity index (χ0) is 85.3. The van der Waals surface area contributed by atoms with Gasteiger partial charge in [-0.15, -0.1) is 0 Å². The van der Waals surface area contributed by atoms with Gasteiger partial charge in [-0.1, -0.05) is 87.0 Å². The molecule has 5 atom stereocenters. The summed E-state index contributed by atoms with van der Waals surface area (Å²) < 4.78 is 99.5. The maximum absolute atomic E-state index is 12.2. The van der Waals surface area contributed by atoms with Crippen LogP contribution in [0.3, 0.4) is 0 Å². The third-order valence-electron chi connectivity index (χ3n) is 17.9. The highest BCUT2D eigenvalue weighted by atomic mass is 16.7. The second-order valence-electron chi connectivity index (χ2n) is 29.4. The van der Waals surface area contributed by atoms with Gasteiger partial charge in [-0.2, -0.15) is 0 Å². The summed E-state index contributed by atoms with van der Waals surface area (Å²) in [6.07, 6.45) is 13.8. The SMILES string of the molecule is C=C(C)OCOCC(COC(=O)C(C)(C)CC)OCOC1CCCCC1OCO.C=COCOCC(COC(=O)C(C)(C)CC)OCOCCCCC(=O)O.C=COCOCC(COC(=O)C(C)(C)CC)OCOCCCCCCC(=O)O.CCC(C)(C)C(=O)OC.CCC(C)(C)C(=O)OC.CCC(C)(C)C(=O)OC. The van der Waals surface area contributed by atoms with E-state index in [-0.39, 0.29) is 164 Å². The minimum absolute atomic E-state index is 0.00185. The summed E-state index contributed by atoms with van der Waals surface area (Å²) >= 11 is 0. The van der Waals surface area contributed by atoms with Gasteiger partial charge in [-0.05, 0) is 167 Å². The van der Waals surface area contributed by atoms with Gasteiger partial charge in [0.15, 0.2) is 20.4 Å². The molecule has 0 aromatic rings. The summed E-state index contributed by atoms with van der Waals surface area (Å²) in [6, 6.07) is 0. The Morgan fingerprint density at radius 1 is 0.391 bits per heavy atom. The standard InChI is InChI=1S/C21H38O8.C20H36O8.C18H32O8.3C7H14O2/c1-6-21(4,5)20(23)25-12-17(11-24-14-27-16(2)3)28-15-29-19-10-8-7-9-18(19)26-13-22;1-5-20(3,4)19(23)27-14-17(13-26-15-24-6-2)28-16-25-12-10-8-7-9-11-18(21)22;1-5-18(3,4)17(21)25-12-15(11-24-13-22-6-2)26-14-23-10-8-7-9-16(19)20;3*1-5-7(2,3)6(8)9-4/h17-19,22H,2,6-15H2,1,3-5H3;6,17H,2,5,7-16H2,1,3-4H3,(H,21,22);6,15H,2,5,7-14H2,1,3-4H3,(H,19,20);3*5H2,1-4H3. The van der Waals surface area contributed by atoms with E-state index in [4.69, 9.17) is 91.1 Å². The van der Waals surface area contributed by atoms with Crippen LogP contribution in [0.1, 0.15) is 247 Å². The lowest BCUT2D eigenvalue weighted by atomic mass is 9.91. The van der Waals surface area contributed by atoms with Crippen molar-refractivity contribution in [1.29, 1.82) is 0 Å². The van der Waals surface area contributed by atoms with Gasteiger partial charge in [0.05, 0.1) is 104 Å². The predicted octanol–water partition coefficient (Wildman–Crippen LogP) is 14.1. The summed E-state index contributed by atoms with van der Waals surface area (Å²) in [6.45, 7) is 47.6. The molecule has 0 bridgehead atoms. The van der Waals surface area contributed by atoms with E-state index in [1.54, 1.807) is 6.92 Å². The third-order valence-corrected chi connectivity index (χ3v) is 17.9. The van der Waals surface area contributed by atoms with Crippen LogP contribution in [0, 0.1) is 32.5 Å². The third kappa shape index (κ3) is 61.5. The van der Waals surface area contributed by atoms with Crippen LogP contribution in [-0.4, -0.2) is 215 Å². The van der Waals surface area contributed by atoms with Crippen molar-refractivity contribution in [3.8, 4) is 0 Å². The first-order valence-corrected chi connectivity index (χ1v) is 38.1. The number of hydrogen-bond acceptors (Lipinski definition) is 28. The monoisotopic (exact) mass is 1590 g/mol. The first kappa shape index (κ1) is 113. The number of carbonyl (C=O) groups excluding carboxylic acids is 6. The molecule has 0 spiro atoms. The number of ether oxygens (including phenoxy) is 19. The van der Waals surface area contributed by atoms with Crippen molar-refractivity contribution in [2.24, 2.45) is 32.5 Å². The molecule has 0 saturated heterocycles. The van der Waals surface area contributed by atoms with Crippen molar-refractivity contribution in [2.45, 2.75) is 278 Å². The van der Waals surface area contributed by atoms with Crippen molar-refractivity contribution in [3.05, 3.63) is 38.0 Å². The number of aliphatic carboxylic acids is 2. The van der Waals surface area contributed by atoms with Crippen LogP contribution >= 0.6 is 0 Å². The van der Waals surface area contributed by atoms with Crippen LogP contribution < -0.4 is 0 Å². The van der Waals surface area contributed by atoms with Gasteiger partial charge in [0, 0.05) is 26.1 Å². The molecule has 1 saturated carbocycles. The molecule has 1 fully saturated rings. The van der Waals surface area contributed by atoms with Gasteiger partial charge in [-0.25, -0.2) is 0 Å². The van der Waals surface area contributed by atoms with E-state index in [0.717, 1.165) is 64.2 Å². The Labute approximate surface area is 658 Å². The van der Waals surface area contributed by atoms with Crippen LogP contribution in [0.25, 0.3) is 0 Å². The number of esters is 6. The maximum Gasteiger partial charge on any atom is 0.311 e. The van der Waals surface area contributed by atoms with Gasteiger partial charge in [-0.3, -0.25) is 38.4 Å². The van der Waals surface area contributed by atoms with Gasteiger partial charge in [0.25, 0.3) is 0 Å². The molecule has 0 aromatic heterocycles. The van der Waals surface area contributed by atoms with Crippen molar-refractivity contribution >= 4 is 47.8 Å². The smallest absolute Gasteiger partial charge is 0.311 e. The first-order valence-electron chi connectivity index (χ1n) is 38.1. The van der Waals surface area contributed by atoms with Crippen LogP contribution in [0.5, 0.6) is 0 Å². The van der Waals surface area contributed by atoms with Crippen molar-refractivity contribution in [1.82, 2.24) is 0 Å². The highest BCUT2D eigenvalue weighted by Gasteiger charge is 2.33. The average molecular weight is 1590 g/mol. The number of carbonyl (C=O) groups is 8. The molecule has 110 heavy (non-hydrogen) atoms. The number of carboxylic acid groups (broad SMARTS) is 2. The van der Waals surface area contributed by atoms with E-state index in [1.165, 1.54) is 33.9 Å². The number of aliphatic hydroxyl groups excluding tert-OH is 1. The van der Waals surface area contributed by atoms with Crippen LogP contribution in [0.2, 0.25) is 0 Å². The van der Waals surface area contributed by atoms with Gasteiger partial charge < -0.3 is 105 Å². The van der Waals surface area contributed by atoms with Crippen LogP contribution in [-0.2, 0) is 128 Å². The van der Waals surface area contributed by atoms with E-state index in [9.17, 15) is 38.4 Å². The Kier molecular flexibility index (Phi) is 69.0.